The van der Waals surface area contributed by atoms with Crippen molar-refractivity contribution in [3.63, 3.8) is 0 Å². The normalized spacial score (nSPS) is 11.6. The maximum absolute atomic E-state index is 13.0. The van der Waals surface area contributed by atoms with Crippen molar-refractivity contribution >= 4 is 32.4 Å². The number of carbonyl (C=O) groups excluding carboxylic acids is 1. The molecule has 36 heavy (non-hydrogen) atoms. The lowest BCUT2D eigenvalue weighted by Crippen LogP contribution is -2.36. The van der Waals surface area contributed by atoms with Crippen LogP contribution in [0.4, 0.5) is 5.13 Å². The van der Waals surface area contributed by atoms with Gasteiger partial charge in [0.2, 0.25) is 10.0 Å². The first-order valence-electron chi connectivity index (χ1n) is 11.5. The molecule has 0 atom stereocenters. The van der Waals surface area contributed by atoms with Gasteiger partial charge in [-0.3, -0.25) is 10.1 Å². The van der Waals surface area contributed by atoms with Crippen LogP contribution >= 0.6 is 11.3 Å². The van der Waals surface area contributed by atoms with Crippen molar-refractivity contribution in [2.75, 3.05) is 52.4 Å². The largest absolute Gasteiger partial charge is 0.494 e. The zero-order valence-electron chi connectivity index (χ0n) is 20.6. The van der Waals surface area contributed by atoms with Crippen LogP contribution in [0.5, 0.6) is 5.75 Å². The summed E-state index contributed by atoms with van der Waals surface area (Å²) in [5.74, 6) is 0.425. The van der Waals surface area contributed by atoms with Gasteiger partial charge in [0.25, 0.3) is 5.91 Å². The first-order valence-corrected chi connectivity index (χ1v) is 13.8. The van der Waals surface area contributed by atoms with Crippen molar-refractivity contribution < 1.29 is 27.4 Å². The van der Waals surface area contributed by atoms with Crippen LogP contribution in [0.25, 0.3) is 11.3 Å². The number of methoxy groups -OCH3 is 2. The minimum atomic E-state index is -3.76. The fraction of sp³-hybridized carbons (Fsp3) is 0.360. The third-order valence-corrected chi connectivity index (χ3v) is 7.86. The fourth-order valence-corrected chi connectivity index (χ4v) is 5.36. The zero-order valence-corrected chi connectivity index (χ0v) is 22.2. The van der Waals surface area contributed by atoms with Crippen molar-refractivity contribution in [3.8, 4) is 17.0 Å². The molecule has 1 aromatic heterocycles. The molecule has 0 bridgehead atoms. The summed E-state index contributed by atoms with van der Waals surface area (Å²) in [6, 6.07) is 13.4. The quantitative estimate of drug-likeness (QED) is 0.332. The molecule has 3 aromatic rings. The van der Waals surface area contributed by atoms with Crippen LogP contribution in [0.15, 0.2) is 58.8 Å². The standard InChI is InChI=1S/C25H31N3O6S2/c1-4-15-34-21-9-5-19(6-10-21)23-18-35-25(26-23)27-24(29)20-7-11-22(12-8-20)36(30,31)28(13-16-32-2)14-17-33-3/h5-12,18H,4,13-17H2,1-3H3,(H,26,27,29). The van der Waals surface area contributed by atoms with Gasteiger partial charge in [-0.25, -0.2) is 13.4 Å². The number of nitrogens with zero attached hydrogens (tertiary/aromatic N) is 2. The SMILES string of the molecule is CCCOc1ccc(-c2csc(NC(=O)c3ccc(S(=O)(=O)N(CCOC)CCOC)cc3)n2)cc1. The minimum absolute atomic E-state index is 0.0918. The second kappa shape index (κ2) is 13.5. The van der Waals surface area contributed by atoms with E-state index in [-0.39, 0.29) is 37.1 Å². The molecule has 194 valence electrons. The van der Waals surface area contributed by atoms with Crippen LogP contribution in [0.2, 0.25) is 0 Å². The summed E-state index contributed by atoms with van der Waals surface area (Å²) in [6.45, 7) is 3.64. The predicted molar refractivity (Wildman–Crippen MR) is 140 cm³/mol. The number of thiazole rings is 1. The molecule has 0 fully saturated rings. The van der Waals surface area contributed by atoms with E-state index < -0.39 is 10.0 Å². The van der Waals surface area contributed by atoms with Crippen molar-refractivity contribution in [3.05, 3.63) is 59.5 Å². The van der Waals surface area contributed by atoms with Crippen LogP contribution < -0.4 is 10.1 Å². The third-order valence-electron chi connectivity index (χ3n) is 5.19. The Bertz CT molecular complexity index is 1200. The predicted octanol–water partition coefficient (Wildman–Crippen LogP) is 4.13. The van der Waals surface area contributed by atoms with Crippen LogP contribution in [0, 0.1) is 0 Å². The Kier molecular flexibility index (Phi) is 10.4. The molecule has 1 amide bonds. The lowest BCUT2D eigenvalue weighted by Gasteiger charge is -2.21. The monoisotopic (exact) mass is 533 g/mol. The summed E-state index contributed by atoms with van der Waals surface area (Å²) < 4.78 is 43.0. The van der Waals surface area contributed by atoms with Crippen LogP contribution in [0.3, 0.4) is 0 Å². The molecule has 0 saturated heterocycles. The van der Waals surface area contributed by atoms with E-state index in [1.807, 2.05) is 29.6 Å². The Morgan fingerprint density at radius 1 is 0.972 bits per heavy atom. The van der Waals surface area contributed by atoms with Gasteiger partial charge >= 0.3 is 0 Å². The molecule has 0 aliphatic carbocycles. The van der Waals surface area contributed by atoms with Crippen molar-refractivity contribution in [2.24, 2.45) is 0 Å². The number of sulfonamides is 1. The lowest BCUT2D eigenvalue weighted by molar-refractivity contribution is 0.102. The Morgan fingerprint density at radius 3 is 2.19 bits per heavy atom. The van der Waals surface area contributed by atoms with Gasteiger partial charge < -0.3 is 14.2 Å². The number of anilines is 1. The maximum Gasteiger partial charge on any atom is 0.257 e. The Labute approximate surface area is 216 Å². The van der Waals surface area contributed by atoms with E-state index in [4.69, 9.17) is 14.2 Å². The number of carbonyl (C=O) groups is 1. The number of rotatable bonds is 14. The number of amides is 1. The van der Waals surface area contributed by atoms with E-state index in [9.17, 15) is 13.2 Å². The molecule has 0 aliphatic heterocycles. The number of benzene rings is 2. The number of aromatic nitrogens is 1. The highest BCUT2D eigenvalue weighted by molar-refractivity contribution is 7.89. The molecule has 1 N–H and O–H groups in total. The summed E-state index contributed by atoms with van der Waals surface area (Å²) in [7, 11) is -0.734. The van der Waals surface area contributed by atoms with Gasteiger partial charge in [-0.05, 0) is 55.0 Å². The average molecular weight is 534 g/mol. The highest BCUT2D eigenvalue weighted by atomic mass is 32.2. The van der Waals surface area contributed by atoms with Crippen molar-refractivity contribution in [1.29, 1.82) is 0 Å². The third kappa shape index (κ3) is 7.34. The van der Waals surface area contributed by atoms with Gasteiger partial charge in [-0.15, -0.1) is 11.3 Å². The molecule has 3 rings (SSSR count). The van der Waals surface area contributed by atoms with E-state index in [0.717, 1.165) is 23.4 Å². The molecule has 11 heteroatoms. The molecule has 0 aliphatic rings. The molecule has 0 radical (unpaired) electrons. The fourth-order valence-electron chi connectivity index (χ4n) is 3.24. The highest BCUT2D eigenvalue weighted by Crippen LogP contribution is 2.27. The maximum atomic E-state index is 13.0. The molecular formula is C25H31N3O6S2. The molecule has 0 saturated carbocycles. The van der Waals surface area contributed by atoms with E-state index in [1.165, 1.54) is 54.1 Å². The second-order valence-electron chi connectivity index (χ2n) is 7.78. The molecule has 0 unspecified atom stereocenters. The zero-order chi connectivity index (χ0) is 26.0. The van der Waals surface area contributed by atoms with Crippen LogP contribution in [-0.4, -0.2) is 70.7 Å². The van der Waals surface area contributed by atoms with E-state index in [1.54, 1.807) is 0 Å². The number of nitrogens with one attached hydrogen (secondary N) is 1. The summed E-state index contributed by atoms with van der Waals surface area (Å²) in [4.78, 5) is 17.3. The lowest BCUT2D eigenvalue weighted by atomic mass is 10.2. The molecule has 9 nitrogen and oxygen atoms in total. The molecule has 1 heterocycles. The Hall–Kier alpha value is -2.83. The van der Waals surface area contributed by atoms with Gasteiger partial charge in [0.1, 0.15) is 5.75 Å². The number of hydrogen-bond donors (Lipinski definition) is 1. The highest BCUT2D eigenvalue weighted by Gasteiger charge is 2.24. The van der Waals surface area contributed by atoms with Crippen molar-refractivity contribution in [2.45, 2.75) is 18.2 Å². The minimum Gasteiger partial charge on any atom is -0.494 e. The van der Waals surface area contributed by atoms with E-state index in [0.29, 0.717) is 17.3 Å². The summed E-state index contributed by atoms with van der Waals surface area (Å²) >= 11 is 1.31. The van der Waals surface area contributed by atoms with E-state index in [2.05, 4.69) is 17.2 Å². The summed E-state index contributed by atoms with van der Waals surface area (Å²) in [5.41, 5.74) is 1.98. The van der Waals surface area contributed by atoms with Gasteiger partial charge in [0.05, 0.1) is 30.4 Å². The van der Waals surface area contributed by atoms with Crippen molar-refractivity contribution in [1.82, 2.24) is 9.29 Å². The second-order valence-corrected chi connectivity index (χ2v) is 10.6. The Morgan fingerprint density at radius 2 is 1.61 bits per heavy atom. The summed E-state index contributed by atoms with van der Waals surface area (Å²) in [6.07, 6.45) is 0.941. The summed E-state index contributed by atoms with van der Waals surface area (Å²) in [5, 5.41) is 5.09. The molecule has 0 spiro atoms. The first-order chi connectivity index (χ1) is 17.4. The molecular weight excluding hydrogens is 502 g/mol. The average Bonchev–Trinajstić information content (AvgIpc) is 3.36. The first kappa shape index (κ1) is 27.8. The Balaban J connectivity index is 1.66. The number of hydrogen-bond acceptors (Lipinski definition) is 8. The van der Waals surface area contributed by atoms with Gasteiger partial charge in [-0.2, -0.15) is 4.31 Å². The van der Waals surface area contributed by atoms with Gasteiger partial charge in [0, 0.05) is 43.8 Å². The van der Waals surface area contributed by atoms with Gasteiger partial charge in [0.15, 0.2) is 5.13 Å². The van der Waals surface area contributed by atoms with Crippen LogP contribution in [-0.2, 0) is 19.5 Å². The number of ether oxygens (including phenoxy) is 3. The van der Waals surface area contributed by atoms with Crippen LogP contribution in [0.1, 0.15) is 23.7 Å². The van der Waals surface area contributed by atoms with Gasteiger partial charge in [-0.1, -0.05) is 6.92 Å². The van der Waals surface area contributed by atoms with E-state index >= 15 is 0 Å². The smallest absolute Gasteiger partial charge is 0.257 e. The topological polar surface area (TPSA) is 107 Å². The molecule has 2 aromatic carbocycles.